The second kappa shape index (κ2) is 10.7. The lowest BCUT2D eigenvalue weighted by Crippen LogP contribution is -2.35. The Bertz CT molecular complexity index is 373. The van der Waals surface area contributed by atoms with Crippen molar-refractivity contribution in [2.24, 2.45) is 5.73 Å². The highest BCUT2D eigenvalue weighted by atomic mass is 35.5. The molecule has 0 bridgehead atoms. The largest absolute Gasteiger partial charge is 0.380 e. The summed E-state index contributed by atoms with van der Waals surface area (Å²) in [6.07, 6.45) is 0.337. The molecule has 0 aromatic heterocycles. The molecule has 20 heavy (non-hydrogen) atoms. The SMILES string of the molecule is CCOCCN(CC)C(=O)CC(N)c1ccccc1.Cl. The molecule has 0 spiro atoms. The molecule has 1 rings (SSSR count). The normalized spacial score (nSPS) is 11.6. The number of nitrogens with two attached hydrogens (primary N) is 1. The van der Waals surface area contributed by atoms with Crippen molar-refractivity contribution in [1.29, 1.82) is 0 Å². The van der Waals surface area contributed by atoms with Crippen LogP contribution in [0.1, 0.15) is 31.9 Å². The van der Waals surface area contributed by atoms with E-state index in [2.05, 4.69) is 0 Å². The van der Waals surface area contributed by atoms with E-state index >= 15 is 0 Å². The van der Waals surface area contributed by atoms with Crippen LogP contribution in [0, 0.1) is 0 Å². The van der Waals surface area contributed by atoms with Gasteiger partial charge in [0.05, 0.1) is 6.61 Å². The molecule has 1 atom stereocenters. The summed E-state index contributed by atoms with van der Waals surface area (Å²) in [4.78, 5) is 13.9. The molecule has 0 aliphatic carbocycles. The zero-order chi connectivity index (χ0) is 14.1. The predicted octanol–water partition coefficient (Wildman–Crippen LogP) is 2.38. The number of hydrogen-bond acceptors (Lipinski definition) is 3. The van der Waals surface area contributed by atoms with Crippen molar-refractivity contribution in [2.75, 3.05) is 26.3 Å². The van der Waals surface area contributed by atoms with Gasteiger partial charge < -0.3 is 15.4 Å². The Morgan fingerprint density at radius 1 is 1.30 bits per heavy atom. The van der Waals surface area contributed by atoms with E-state index in [1.807, 2.05) is 44.2 Å². The summed E-state index contributed by atoms with van der Waals surface area (Å²) >= 11 is 0. The lowest BCUT2D eigenvalue weighted by atomic mass is 10.0. The molecule has 1 amide bonds. The number of hydrogen-bond donors (Lipinski definition) is 1. The van der Waals surface area contributed by atoms with Gasteiger partial charge in [0, 0.05) is 32.2 Å². The number of benzene rings is 1. The van der Waals surface area contributed by atoms with Crippen LogP contribution in [0.4, 0.5) is 0 Å². The minimum atomic E-state index is -0.241. The maximum atomic E-state index is 12.1. The molecular formula is C15H25ClN2O2. The van der Waals surface area contributed by atoms with Gasteiger partial charge >= 0.3 is 0 Å². The van der Waals surface area contributed by atoms with Crippen LogP contribution in [0.25, 0.3) is 0 Å². The van der Waals surface area contributed by atoms with E-state index in [1.165, 1.54) is 0 Å². The fourth-order valence-corrected chi connectivity index (χ4v) is 1.91. The smallest absolute Gasteiger partial charge is 0.224 e. The number of amides is 1. The summed E-state index contributed by atoms with van der Waals surface area (Å²) in [5.41, 5.74) is 7.06. The third-order valence-corrected chi connectivity index (χ3v) is 3.07. The first-order chi connectivity index (χ1) is 9.19. The second-order valence-corrected chi connectivity index (χ2v) is 4.39. The highest BCUT2D eigenvalue weighted by Gasteiger charge is 2.16. The number of nitrogens with zero attached hydrogens (tertiary/aromatic N) is 1. The van der Waals surface area contributed by atoms with Crippen molar-refractivity contribution in [2.45, 2.75) is 26.3 Å². The van der Waals surface area contributed by atoms with Crippen LogP contribution in [-0.2, 0) is 9.53 Å². The molecule has 5 heteroatoms. The summed E-state index contributed by atoms with van der Waals surface area (Å²) in [6, 6.07) is 9.48. The fraction of sp³-hybridized carbons (Fsp3) is 0.533. The minimum Gasteiger partial charge on any atom is -0.380 e. The Balaban J connectivity index is 0.00000361. The average molecular weight is 301 g/mol. The third kappa shape index (κ3) is 6.37. The van der Waals surface area contributed by atoms with Gasteiger partial charge in [-0.25, -0.2) is 0 Å². The molecule has 0 aliphatic rings. The number of likely N-dealkylation sites (N-methyl/N-ethyl adjacent to an activating group) is 1. The number of rotatable bonds is 8. The van der Waals surface area contributed by atoms with E-state index in [1.54, 1.807) is 4.90 Å². The number of carbonyl (C=O) groups is 1. The monoisotopic (exact) mass is 300 g/mol. The van der Waals surface area contributed by atoms with Crippen LogP contribution in [0.2, 0.25) is 0 Å². The lowest BCUT2D eigenvalue weighted by Gasteiger charge is -2.22. The highest BCUT2D eigenvalue weighted by Crippen LogP contribution is 2.14. The zero-order valence-corrected chi connectivity index (χ0v) is 13.1. The van der Waals surface area contributed by atoms with Gasteiger partial charge in [-0.3, -0.25) is 4.79 Å². The van der Waals surface area contributed by atoms with Crippen molar-refractivity contribution in [1.82, 2.24) is 4.90 Å². The molecule has 1 aromatic carbocycles. The van der Waals surface area contributed by atoms with Gasteiger partial charge in [0.25, 0.3) is 0 Å². The van der Waals surface area contributed by atoms with Gasteiger partial charge in [-0.05, 0) is 19.4 Å². The van der Waals surface area contributed by atoms with Crippen LogP contribution in [0.15, 0.2) is 30.3 Å². The summed E-state index contributed by atoms with van der Waals surface area (Å²) in [7, 11) is 0. The van der Waals surface area contributed by atoms with E-state index in [-0.39, 0.29) is 24.4 Å². The zero-order valence-electron chi connectivity index (χ0n) is 12.2. The Kier molecular flexibility index (Phi) is 10.1. The Morgan fingerprint density at radius 3 is 2.50 bits per heavy atom. The van der Waals surface area contributed by atoms with Gasteiger partial charge in [-0.2, -0.15) is 0 Å². The van der Waals surface area contributed by atoms with Crippen LogP contribution in [0.3, 0.4) is 0 Å². The van der Waals surface area contributed by atoms with Gasteiger partial charge in [0.15, 0.2) is 0 Å². The first-order valence-corrected chi connectivity index (χ1v) is 6.85. The molecule has 4 nitrogen and oxygen atoms in total. The van der Waals surface area contributed by atoms with Gasteiger partial charge in [-0.15, -0.1) is 12.4 Å². The van der Waals surface area contributed by atoms with Crippen molar-refractivity contribution < 1.29 is 9.53 Å². The van der Waals surface area contributed by atoms with Crippen LogP contribution < -0.4 is 5.73 Å². The molecular weight excluding hydrogens is 276 g/mol. The average Bonchev–Trinajstić information content (AvgIpc) is 2.44. The molecule has 114 valence electrons. The molecule has 0 saturated carbocycles. The van der Waals surface area contributed by atoms with Crippen LogP contribution >= 0.6 is 12.4 Å². The molecule has 0 fully saturated rings. The highest BCUT2D eigenvalue weighted by molar-refractivity contribution is 5.85. The Morgan fingerprint density at radius 2 is 1.95 bits per heavy atom. The van der Waals surface area contributed by atoms with Gasteiger partial charge in [0.2, 0.25) is 5.91 Å². The third-order valence-electron chi connectivity index (χ3n) is 3.07. The van der Waals surface area contributed by atoms with Crippen molar-refractivity contribution >= 4 is 18.3 Å². The van der Waals surface area contributed by atoms with E-state index in [0.717, 1.165) is 5.56 Å². The molecule has 0 saturated heterocycles. The van der Waals surface area contributed by atoms with Crippen molar-refractivity contribution in [3.05, 3.63) is 35.9 Å². The van der Waals surface area contributed by atoms with E-state index in [4.69, 9.17) is 10.5 Å². The summed E-state index contributed by atoms with van der Waals surface area (Å²) < 4.78 is 5.28. The molecule has 0 radical (unpaired) electrons. The molecule has 0 aliphatic heterocycles. The van der Waals surface area contributed by atoms with Crippen molar-refractivity contribution in [3.8, 4) is 0 Å². The summed E-state index contributed by atoms with van der Waals surface area (Å²) in [6.45, 7) is 6.49. The van der Waals surface area contributed by atoms with Crippen LogP contribution in [0.5, 0.6) is 0 Å². The number of carbonyl (C=O) groups excluding carboxylic acids is 1. The first kappa shape index (κ1) is 18.9. The second-order valence-electron chi connectivity index (χ2n) is 4.39. The maximum Gasteiger partial charge on any atom is 0.224 e. The maximum absolute atomic E-state index is 12.1. The molecule has 2 N–H and O–H groups in total. The molecule has 1 unspecified atom stereocenters. The molecule has 1 aromatic rings. The Labute approximate surface area is 127 Å². The summed E-state index contributed by atoms with van der Waals surface area (Å²) in [5.74, 6) is 0.0820. The lowest BCUT2D eigenvalue weighted by molar-refractivity contribution is -0.132. The van der Waals surface area contributed by atoms with E-state index in [0.29, 0.717) is 32.7 Å². The van der Waals surface area contributed by atoms with Gasteiger partial charge in [0.1, 0.15) is 0 Å². The number of halogens is 1. The summed E-state index contributed by atoms with van der Waals surface area (Å²) in [5, 5.41) is 0. The van der Waals surface area contributed by atoms with E-state index in [9.17, 15) is 4.79 Å². The minimum absolute atomic E-state index is 0. The standard InChI is InChI=1S/C15H24N2O2.ClH/c1-3-17(10-11-19-4-2)15(18)12-14(16)13-8-6-5-7-9-13;/h5-9,14H,3-4,10-12,16H2,1-2H3;1H. The van der Waals surface area contributed by atoms with E-state index < -0.39 is 0 Å². The topological polar surface area (TPSA) is 55.6 Å². The molecule has 0 heterocycles. The fourth-order valence-electron chi connectivity index (χ4n) is 1.91. The van der Waals surface area contributed by atoms with Crippen molar-refractivity contribution in [3.63, 3.8) is 0 Å². The Hall–Kier alpha value is -1.10. The quantitative estimate of drug-likeness (QED) is 0.750. The number of ether oxygens (including phenoxy) is 1. The predicted molar refractivity (Wildman–Crippen MR) is 84.0 cm³/mol. The van der Waals surface area contributed by atoms with Crippen LogP contribution in [-0.4, -0.2) is 37.1 Å². The first-order valence-electron chi connectivity index (χ1n) is 6.85. The van der Waals surface area contributed by atoms with Gasteiger partial charge in [-0.1, -0.05) is 30.3 Å².